The molecule has 2 unspecified atom stereocenters. The van der Waals surface area contributed by atoms with Gasteiger partial charge in [-0.1, -0.05) is 19.1 Å². The van der Waals surface area contributed by atoms with E-state index in [1.165, 1.54) is 5.56 Å². The van der Waals surface area contributed by atoms with E-state index in [4.69, 9.17) is 9.47 Å². The number of benzene rings is 1. The molecule has 1 aliphatic heterocycles. The summed E-state index contributed by atoms with van der Waals surface area (Å²) in [5.74, 6) is 0.918. The van der Waals surface area contributed by atoms with Crippen LogP contribution in [0.15, 0.2) is 24.3 Å². The van der Waals surface area contributed by atoms with Crippen LogP contribution in [0.25, 0.3) is 0 Å². The fourth-order valence-corrected chi connectivity index (χ4v) is 2.40. The van der Waals surface area contributed by atoms with Gasteiger partial charge in [0.2, 0.25) is 0 Å². The first-order valence-corrected chi connectivity index (χ1v) is 7.47. The minimum atomic E-state index is 0.175. The molecule has 0 radical (unpaired) electrons. The van der Waals surface area contributed by atoms with Gasteiger partial charge < -0.3 is 14.8 Å². The van der Waals surface area contributed by atoms with E-state index in [1.807, 2.05) is 19.2 Å². The number of nitrogens with zero attached hydrogens (tertiary/aromatic N) is 1. The molecule has 0 amide bonds. The lowest BCUT2D eigenvalue weighted by atomic mass is 10.1. The van der Waals surface area contributed by atoms with Crippen molar-refractivity contribution < 1.29 is 9.47 Å². The number of ether oxygens (including phenoxy) is 2. The van der Waals surface area contributed by atoms with E-state index >= 15 is 0 Å². The minimum Gasteiger partial charge on any atom is -0.491 e. The summed E-state index contributed by atoms with van der Waals surface area (Å²) in [6.45, 7) is 8.82. The Morgan fingerprint density at radius 2 is 2.35 bits per heavy atom. The van der Waals surface area contributed by atoms with Crippen molar-refractivity contribution in [3.05, 3.63) is 29.8 Å². The second-order valence-electron chi connectivity index (χ2n) is 5.28. The van der Waals surface area contributed by atoms with Crippen molar-refractivity contribution in [1.29, 1.82) is 0 Å². The van der Waals surface area contributed by atoms with Gasteiger partial charge in [0.15, 0.2) is 0 Å². The van der Waals surface area contributed by atoms with Gasteiger partial charge in [0, 0.05) is 19.1 Å². The molecule has 0 spiro atoms. The van der Waals surface area contributed by atoms with Crippen molar-refractivity contribution in [2.45, 2.75) is 26.0 Å². The highest BCUT2D eigenvalue weighted by Gasteiger charge is 2.19. The summed E-state index contributed by atoms with van der Waals surface area (Å²) in [4.78, 5) is 2.40. The fraction of sp³-hybridized carbons (Fsp3) is 0.625. The first-order chi connectivity index (χ1) is 9.72. The van der Waals surface area contributed by atoms with Crippen molar-refractivity contribution in [1.82, 2.24) is 10.2 Å². The molecular weight excluding hydrogens is 252 g/mol. The zero-order valence-corrected chi connectivity index (χ0v) is 12.8. The molecule has 0 bridgehead atoms. The van der Waals surface area contributed by atoms with E-state index in [9.17, 15) is 0 Å². The van der Waals surface area contributed by atoms with Gasteiger partial charge in [0.25, 0.3) is 0 Å². The summed E-state index contributed by atoms with van der Waals surface area (Å²) in [7, 11) is 1.97. The highest BCUT2D eigenvalue weighted by Crippen LogP contribution is 2.19. The number of hydrogen-bond acceptors (Lipinski definition) is 4. The van der Waals surface area contributed by atoms with E-state index in [0.717, 1.165) is 32.0 Å². The van der Waals surface area contributed by atoms with Crippen molar-refractivity contribution in [2.75, 3.05) is 39.9 Å². The number of likely N-dealkylation sites (N-methyl/N-ethyl adjacent to an activating group) is 1. The number of nitrogens with one attached hydrogen (secondary N) is 1. The molecule has 0 saturated carbocycles. The maximum atomic E-state index is 5.89. The SMILES string of the molecule is CCN1CCOC(COc2cccc(C(C)NC)c2)C1. The van der Waals surface area contributed by atoms with Crippen molar-refractivity contribution in [3.63, 3.8) is 0 Å². The Labute approximate surface area is 122 Å². The van der Waals surface area contributed by atoms with Crippen molar-refractivity contribution >= 4 is 0 Å². The largest absolute Gasteiger partial charge is 0.491 e. The molecule has 1 aromatic rings. The van der Waals surface area contributed by atoms with Gasteiger partial charge in [0.1, 0.15) is 18.5 Å². The highest BCUT2D eigenvalue weighted by molar-refractivity contribution is 5.30. The average molecular weight is 278 g/mol. The third-order valence-electron chi connectivity index (χ3n) is 3.90. The molecule has 4 heteroatoms. The maximum Gasteiger partial charge on any atom is 0.119 e. The third-order valence-corrected chi connectivity index (χ3v) is 3.90. The Kier molecular flexibility index (Phi) is 5.83. The van der Waals surface area contributed by atoms with Gasteiger partial charge in [-0.3, -0.25) is 4.90 Å². The smallest absolute Gasteiger partial charge is 0.119 e. The van der Waals surface area contributed by atoms with Gasteiger partial charge in [-0.25, -0.2) is 0 Å². The lowest BCUT2D eigenvalue weighted by molar-refractivity contribution is -0.0464. The molecule has 2 atom stereocenters. The van der Waals surface area contributed by atoms with E-state index in [1.54, 1.807) is 0 Å². The second kappa shape index (κ2) is 7.62. The van der Waals surface area contributed by atoms with Crippen LogP contribution >= 0.6 is 0 Å². The van der Waals surface area contributed by atoms with Crippen LogP contribution in [-0.2, 0) is 4.74 Å². The van der Waals surface area contributed by atoms with Crippen LogP contribution in [0.2, 0.25) is 0 Å². The molecule has 20 heavy (non-hydrogen) atoms. The zero-order chi connectivity index (χ0) is 14.4. The normalized spacial score (nSPS) is 21.6. The number of morpholine rings is 1. The van der Waals surface area contributed by atoms with Crippen LogP contribution < -0.4 is 10.1 Å². The van der Waals surface area contributed by atoms with Gasteiger partial charge >= 0.3 is 0 Å². The lowest BCUT2D eigenvalue weighted by Gasteiger charge is -2.31. The molecule has 0 aliphatic carbocycles. The maximum absolute atomic E-state index is 5.89. The Morgan fingerprint density at radius 3 is 3.10 bits per heavy atom. The summed E-state index contributed by atoms with van der Waals surface area (Å²) >= 11 is 0. The van der Waals surface area contributed by atoms with E-state index in [-0.39, 0.29) is 6.10 Å². The molecular formula is C16H26N2O2. The highest BCUT2D eigenvalue weighted by atomic mass is 16.5. The molecule has 0 aromatic heterocycles. The van der Waals surface area contributed by atoms with Crippen molar-refractivity contribution in [2.24, 2.45) is 0 Å². The monoisotopic (exact) mass is 278 g/mol. The van der Waals surface area contributed by atoms with Crippen LogP contribution in [0.4, 0.5) is 0 Å². The number of hydrogen-bond donors (Lipinski definition) is 1. The lowest BCUT2D eigenvalue weighted by Crippen LogP contribution is -2.44. The third kappa shape index (κ3) is 4.20. The zero-order valence-electron chi connectivity index (χ0n) is 12.8. The molecule has 1 heterocycles. The van der Waals surface area contributed by atoms with Gasteiger partial charge in [-0.15, -0.1) is 0 Å². The Bertz CT molecular complexity index is 411. The molecule has 112 valence electrons. The summed E-state index contributed by atoms with van der Waals surface area (Å²) in [6, 6.07) is 8.59. The summed E-state index contributed by atoms with van der Waals surface area (Å²) in [6.07, 6.45) is 0.175. The van der Waals surface area contributed by atoms with Gasteiger partial charge in [-0.05, 0) is 38.2 Å². The van der Waals surface area contributed by atoms with Gasteiger partial charge in [0.05, 0.1) is 6.61 Å². The molecule has 1 aromatic carbocycles. The van der Waals surface area contributed by atoms with Crippen LogP contribution in [0.3, 0.4) is 0 Å². The van der Waals surface area contributed by atoms with Crippen molar-refractivity contribution in [3.8, 4) is 5.75 Å². The minimum absolute atomic E-state index is 0.175. The first-order valence-electron chi connectivity index (χ1n) is 7.47. The van der Waals surface area contributed by atoms with Crippen LogP contribution in [0.5, 0.6) is 5.75 Å². The van der Waals surface area contributed by atoms with Crippen LogP contribution in [0, 0.1) is 0 Å². The Hall–Kier alpha value is -1.10. The summed E-state index contributed by atoms with van der Waals surface area (Å²) in [5.41, 5.74) is 1.24. The molecule has 2 rings (SSSR count). The topological polar surface area (TPSA) is 33.7 Å². The summed E-state index contributed by atoms with van der Waals surface area (Å²) in [5, 5.41) is 3.24. The summed E-state index contributed by atoms with van der Waals surface area (Å²) < 4.78 is 11.6. The standard InChI is InChI=1S/C16H26N2O2/c1-4-18-8-9-19-16(11-18)12-20-15-7-5-6-14(10-15)13(2)17-3/h5-7,10,13,16-17H,4,8-9,11-12H2,1-3H3. The van der Waals surface area contributed by atoms with E-state index < -0.39 is 0 Å². The quantitative estimate of drug-likeness (QED) is 0.863. The molecule has 1 N–H and O–H groups in total. The fourth-order valence-electron chi connectivity index (χ4n) is 2.40. The predicted octanol–water partition coefficient (Wildman–Crippen LogP) is 2.07. The number of rotatable bonds is 6. The van der Waals surface area contributed by atoms with Gasteiger partial charge in [-0.2, -0.15) is 0 Å². The molecule has 1 aliphatic rings. The molecule has 1 saturated heterocycles. The average Bonchev–Trinajstić information content (AvgIpc) is 2.52. The van der Waals surface area contributed by atoms with Crippen LogP contribution in [-0.4, -0.2) is 50.9 Å². The first kappa shape index (κ1) is 15.3. The Morgan fingerprint density at radius 1 is 1.50 bits per heavy atom. The predicted molar refractivity (Wildman–Crippen MR) is 81.3 cm³/mol. The second-order valence-corrected chi connectivity index (χ2v) is 5.28. The van der Waals surface area contributed by atoms with E-state index in [0.29, 0.717) is 12.6 Å². The van der Waals surface area contributed by atoms with E-state index in [2.05, 4.69) is 36.2 Å². The molecule has 1 fully saturated rings. The molecule has 4 nitrogen and oxygen atoms in total. The Balaban J connectivity index is 1.87. The van der Waals surface area contributed by atoms with Crippen LogP contribution in [0.1, 0.15) is 25.5 Å².